The predicted molar refractivity (Wildman–Crippen MR) is 61.7 cm³/mol. The Bertz CT molecular complexity index is 473. The highest BCUT2D eigenvalue weighted by Gasteiger charge is 2.14. The van der Waals surface area contributed by atoms with Crippen molar-refractivity contribution in [3.05, 3.63) is 28.7 Å². The summed E-state index contributed by atoms with van der Waals surface area (Å²) >= 11 is 0. The summed E-state index contributed by atoms with van der Waals surface area (Å²) in [5.74, 6) is 0.289. The number of rotatable bonds is 5. The van der Waals surface area contributed by atoms with E-state index in [1.54, 1.807) is 0 Å². The van der Waals surface area contributed by atoms with Gasteiger partial charge in [0.25, 0.3) is 0 Å². The first kappa shape index (κ1) is 12.9. The van der Waals surface area contributed by atoms with Crippen molar-refractivity contribution in [3.63, 3.8) is 0 Å². The molecule has 90 valence electrons. The molecule has 0 spiro atoms. The van der Waals surface area contributed by atoms with E-state index >= 15 is 0 Å². The van der Waals surface area contributed by atoms with Crippen LogP contribution >= 0.6 is 0 Å². The molecule has 0 bridgehead atoms. The van der Waals surface area contributed by atoms with E-state index in [0.29, 0.717) is 6.54 Å². The number of hydrogen-bond donors (Lipinski definition) is 2. The summed E-state index contributed by atoms with van der Waals surface area (Å²) < 4.78 is 26.0. The minimum absolute atomic E-state index is 0.0791. The molecule has 5 nitrogen and oxygen atoms in total. The van der Waals surface area contributed by atoms with Crippen LogP contribution in [0.2, 0.25) is 0 Å². The highest BCUT2D eigenvalue weighted by atomic mass is 32.2. The molecule has 2 N–H and O–H groups in total. The third-order valence-electron chi connectivity index (χ3n) is 2.38. The van der Waals surface area contributed by atoms with Gasteiger partial charge in [-0.25, -0.2) is 13.1 Å². The second-order valence-corrected chi connectivity index (χ2v) is 5.52. The van der Waals surface area contributed by atoms with E-state index in [4.69, 9.17) is 0 Å². The van der Waals surface area contributed by atoms with Gasteiger partial charge in [-0.05, 0) is 12.0 Å². The lowest BCUT2D eigenvalue weighted by Crippen LogP contribution is -2.28. The Balaban J connectivity index is 2.78. The van der Waals surface area contributed by atoms with Gasteiger partial charge in [-0.3, -0.25) is 4.79 Å². The first-order valence-electron chi connectivity index (χ1n) is 5.14. The Morgan fingerprint density at radius 3 is 2.62 bits per heavy atom. The smallest absolute Gasteiger partial charge is 0.247 e. The van der Waals surface area contributed by atoms with Gasteiger partial charge in [0.05, 0.1) is 4.90 Å². The molecule has 0 saturated carbocycles. The van der Waals surface area contributed by atoms with E-state index in [1.807, 2.05) is 13.8 Å². The Hall–Kier alpha value is -1.14. The molecular weight excluding hydrogens is 228 g/mol. The molecule has 0 aromatic carbocycles. The number of sulfonamides is 1. The number of aromatic nitrogens is 1. The van der Waals surface area contributed by atoms with Gasteiger partial charge in [0, 0.05) is 18.8 Å². The molecule has 0 aliphatic rings. The van der Waals surface area contributed by atoms with Crippen LogP contribution in [-0.2, 0) is 10.0 Å². The average Bonchev–Trinajstić information content (AvgIpc) is 2.26. The minimum Gasteiger partial charge on any atom is -0.328 e. The molecule has 0 fully saturated rings. The van der Waals surface area contributed by atoms with E-state index < -0.39 is 10.0 Å². The Kier molecular flexibility index (Phi) is 4.26. The highest BCUT2D eigenvalue weighted by molar-refractivity contribution is 7.89. The van der Waals surface area contributed by atoms with E-state index in [2.05, 4.69) is 9.71 Å². The molecule has 6 heteroatoms. The van der Waals surface area contributed by atoms with Crippen molar-refractivity contribution in [2.45, 2.75) is 25.2 Å². The fourth-order valence-electron chi connectivity index (χ4n) is 1.04. The van der Waals surface area contributed by atoms with Crippen molar-refractivity contribution in [3.8, 4) is 0 Å². The summed E-state index contributed by atoms with van der Waals surface area (Å²) in [5.41, 5.74) is -0.319. The second kappa shape index (κ2) is 5.27. The van der Waals surface area contributed by atoms with Crippen molar-refractivity contribution in [1.29, 1.82) is 0 Å². The molecule has 16 heavy (non-hydrogen) atoms. The molecule has 0 aliphatic heterocycles. The molecule has 1 heterocycles. The van der Waals surface area contributed by atoms with Crippen LogP contribution in [0.1, 0.15) is 20.3 Å². The van der Waals surface area contributed by atoms with Gasteiger partial charge in [-0.2, -0.15) is 0 Å². The Morgan fingerprint density at radius 2 is 2.12 bits per heavy atom. The zero-order valence-electron chi connectivity index (χ0n) is 9.36. The normalized spacial score (nSPS) is 13.6. The molecule has 0 saturated heterocycles. The summed E-state index contributed by atoms with van der Waals surface area (Å²) in [6.07, 6.45) is 2.11. The lowest BCUT2D eigenvalue weighted by molar-refractivity contribution is 0.528. The molecule has 0 aliphatic carbocycles. The maximum Gasteiger partial charge on any atom is 0.247 e. The zero-order chi connectivity index (χ0) is 12.2. The molecule has 1 aromatic heterocycles. The third-order valence-corrected chi connectivity index (χ3v) is 3.81. The van der Waals surface area contributed by atoms with Crippen LogP contribution in [0.4, 0.5) is 0 Å². The lowest BCUT2D eigenvalue weighted by atomic mass is 10.1. The van der Waals surface area contributed by atoms with Crippen molar-refractivity contribution < 1.29 is 8.42 Å². The lowest BCUT2D eigenvalue weighted by Gasteiger charge is -2.10. The van der Waals surface area contributed by atoms with Gasteiger partial charge in [-0.15, -0.1) is 0 Å². The highest BCUT2D eigenvalue weighted by Crippen LogP contribution is 2.06. The summed E-state index contributed by atoms with van der Waals surface area (Å²) in [5, 5.41) is 0. The van der Waals surface area contributed by atoms with Gasteiger partial charge in [0.15, 0.2) is 0 Å². The van der Waals surface area contributed by atoms with Crippen molar-refractivity contribution in [1.82, 2.24) is 9.71 Å². The van der Waals surface area contributed by atoms with E-state index in [1.165, 1.54) is 18.3 Å². The summed E-state index contributed by atoms with van der Waals surface area (Å²) in [4.78, 5) is 13.2. The fraction of sp³-hybridized carbons (Fsp3) is 0.500. The molecule has 1 rings (SSSR count). The van der Waals surface area contributed by atoms with Gasteiger partial charge in [0.2, 0.25) is 15.6 Å². The van der Waals surface area contributed by atoms with Crippen LogP contribution in [0, 0.1) is 5.92 Å². The maximum absolute atomic E-state index is 11.7. The van der Waals surface area contributed by atoms with Crippen molar-refractivity contribution >= 4 is 10.0 Å². The predicted octanol–water partition coefficient (Wildman–Crippen LogP) is 0.699. The van der Waals surface area contributed by atoms with Crippen LogP contribution < -0.4 is 10.3 Å². The molecular formula is C10H16N2O3S. The van der Waals surface area contributed by atoms with Gasteiger partial charge in [-0.1, -0.05) is 20.3 Å². The molecule has 0 amide bonds. The fourth-order valence-corrected chi connectivity index (χ4v) is 2.17. The van der Waals surface area contributed by atoms with Crippen molar-refractivity contribution in [2.24, 2.45) is 5.92 Å². The molecule has 1 unspecified atom stereocenters. The quantitative estimate of drug-likeness (QED) is 0.800. The second-order valence-electron chi connectivity index (χ2n) is 3.75. The molecule has 1 aromatic rings. The minimum atomic E-state index is -3.50. The van der Waals surface area contributed by atoms with E-state index in [-0.39, 0.29) is 16.4 Å². The largest absolute Gasteiger partial charge is 0.328 e. The summed E-state index contributed by atoms with van der Waals surface area (Å²) in [6.45, 7) is 4.37. The third kappa shape index (κ3) is 3.46. The van der Waals surface area contributed by atoms with Crippen LogP contribution in [-0.4, -0.2) is 19.9 Å². The topological polar surface area (TPSA) is 79.0 Å². The van der Waals surface area contributed by atoms with Crippen LogP contribution in [0.25, 0.3) is 0 Å². The monoisotopic (exact) mass is 244 g/mol. The number of hydrogen-bond acceptors (Lipinski definition) is 3. The van der Waals surface area contributed by atoms with Crippen LogP contribution in [0.3, 0.4) is 0 Å². The number of nitrogens with one attached hydrogen (secondary N) is 2. The van der Waals surface area contributed by atoms with Gasteiger partial charge >= 0.3 is 0 Å². The summed E-state index contributed by atoms with van der Waals surface area (Å²) in [7, 11) is -3.50. The average molecular weight is 244 g/mol. The van der Waals surface area contributed by atoms with Crippen molar-refractivity contribution in [2.75, 3.05) is 6.54 Å². The number of pyridine rings is 1. The number of aromatic amines is 1. The standard InChI is InChI=1S/C10H16N2O3S/c1-3-8(2)6-12-16(14,15)9-4-5-10(13)11-7-9/h4-5,7-8,12H,3,6H2,1-2H3,(H,11,13). The van der Waals surface area contributed by atoms with Crippen LogP contribution in [0.15, 0.2) is 28.0 Å². The van der Waals surface area contributed by atoms with E-state index in [9.17, 15) is 13.2 Å². The number of H-pyrrole nitrogens is 1. The Morgan fingerprint density at radius 1 is 1.44 bits per heavy atom. The first-order chi connectivity index (χ1) is 7.45. The van der Waals surface area contributed by atoms with Gasteiger partial charge in [0.1, 0.15) is 0 Å². The SMILES string of the molecule is CCC(C)CNS(=O)(=O)c1ccc(=O)[nH]c1. The first-order valence-corrected chi connectivity index (χ1v) is 6.62. The van der Waals surface area contributed by atoms with Gasteiger partial charge < -0.3 is 4.98 Å². The summed E-state index contributed by atoms with van der Waals surface area (Å²) in [6, 6.07) is 2.48. The Labute approximate surface area is 94.9 Å². The van der Waals surface area contributed by atoms with E-state index in [0.717, 1.165) is 6.42 Å². The molecule has 1 atom stereocenters. The maximum atomic E-state index is 11.7. The van der Waals surface area contributed by atoms with Crippen LogP contribution in [0.5, 0.6) is 0 Å². The zero-order valence-corrected chi connectivity index (χ0v) is 10.2. The molecule has 0 radical (unpaired) electrons.